The Morgan fingerprint density at radius 2 is 2.17 bits per heavy atom. The van der Waals surface area contributed by atoms with E-state index in [1.54, 1.807) is 18.2 Å². The maximum atomic E-state index is 13.4. The van der Waals surface area contributed by atoms with E-state index in [0.29, 0.717) is 29.8 Å². The number of nitrogens with zero attached hydrogens (tertiary/aromatic N) is 3. The molecule has 0 aliphatic carbocycles. The molecule has 0 spiro atoms. The fourth-order valence-corrected chi connectivity index (χ4v) is 3.26. The summed E-state index contributed by atoms with van der Waals surface area (Å²) in [6.07, 6.45) is 2.13. The van der Waals surface area contributed by atoms with Gasteiger partial charge in [0.15, 0.2) is 0 Å². The first-order valence-corrected chi connectivity index (χ1v) is 7.64. The lowest BCUT2D eigenvalue weighted by Gasteiger charge is -2.36. The summed E-state index contributed by atoms with van der Waals surface area (Å²) in [4.78, 5) is 24.6. The third kappa shape index (κ3) is 2.29. The lowest BCUT2D eigenvalue weighted by molar-refractivity contribution is 0.0691. The Hall–Kier alpha value is -2.96. The Bertz CT molecular complexity index is 953. The highest BCUT2D eigenvalue weighted by atomic mass is 19.1. The van der Waals surface area contributed by atoms with Crippen LogP contribution in [0.15, 0.2) is 30.6 Å². The highest BCUT2D eigenvalue weighted by Crippen LogP contribution is 2.32. The fourth-order valence-electron chi connectivity index (χ4n) is 3.26. The van der Waals surface area contributed by atoms with Crippen LogP contribution < -0.4 is 4.90 Å². The zero-order chi connectivity index (χ0) is 16.8. The monoisotopic (exact) mass is 326 g/mol. The average Bonchev–Trinajstić information content (AvgIpc) is 2.98. The Balaban J connectivity index is 1.80. The third-order valence-corrected chi connectivity index (χ3v) is 4.46. The Morgan fingerprint density at radius 3 is 2.96 bits per heavy atom. The van der Waals surface area contributed by atoms with Crippen molar-refractivity contribution in [2.75, 3.05) is 4.90 Å². The van der Waals surface area contributed by atoms with Gasteiger partial charge in [0.25, 0.3) is 0 Å². The van der Waals surface area contributed by atoms with Gasteiger partial charge in [0, 0.05) is 12.6 Å². The van der Waals surface area contributed by atoms with Gasteiger partial charge in [-0.15, -0.1) is 0 Å². The molecule has 1 aromatic carbocycles. The smallest absolute Gasteiger partial charge is 0.352 e. The van der Waals surface area contributed by atoms with Crippen LogP contribution in [0.2, 0.25) is 0 Å². The first-order valence-electron chi connectivity index (χ1n) is 7.64. The average molecular weight is 326 g/mol. The van der Waals surface area contributed by atoms with Crippen molar-refractivity contribution < 1.29 is 14.3 Å². The second kappa shape index (κ2) is 5.30. The highest BCUT2D eigenvalue weighted by Gasteiger charge is 2.26. The molecular formula is C17H15FN4O2. The van der Waals surface area contributed by atoms with Crippen LogP contribution in [-0.4, -0.2) is 32.1 Å². The lowest BCUT2D eigenvalue weighted by Crippen LogP contribution is -2.39. The molecule has 122 valence electrons. The summed E-state index contributed by atoms with van der Waals surface area (Å²) in [5.41, 5.74) is 2.63. The maximum Gasteiger partial charge on any atom is 0.352 e. The molecule has 3 heterocycles. The zero-order valence-corrected chi connectivity index (χ0v) is 13.0. The summed E-state index contributed by atoms with van der Waals surface area (Å²) in [6, 6.07) is 6.50. The number of halogens is 1. The number of aromatic carboxylic acids is 1. The molecule has 0 bridgehead atoms. The summed E-state index contributed by atoms with van der Waals surface area (Å²) in [5.74, 6) is -0.576. The molecule has 2 N–H and O–H groups in total. The topological polar surface area (TPSA) is 82.1 Å². The van der Waals surface area contributed by atoms with E-state index in [1.165, 1.54) is 12.4 Å². The van der Waals surface area contributed by atoms with Crippen LogP contribution in [0.3, 0.4) is 0 Å². The van der Waals surface area contributed by atoms with Crippen LogP contribution in [0.4, 0.5) is 10.2 Å². The van der Waals surface area contributed by atoms with Crippen LogP contribution in [0.5, 0.6) is 0 Å². The van der Waals surface area contributed by atoms with Gasteiger partial charge in [0.2, 0.25) is 0 Å². The number of rotatable bonds is 2. The van der Waals surface area contributed by atoms with Gasteiger partial charge >= 0.3 is 5.97 Å². The normalized spacial score (nSPS) is 17.1. The molecule has 0 radical (unpaired) electrons. The summed E-state index contributed by atoms with van der Waals surface area (Å²) < 4.78 is 13.4. The van der Waals surface area contributed by atoms with Gasteiger partial charge in [0.1, 0.15) is 29.3 Å². The molecule has 0 fully saturated rings. The molecule has 1 aliphatic heterocycles. The van der Waals surface area contributed by atoms with Crippen molar-refractivity contribution >= 4 is 22.8 Å². The third-order valence-electron chi connectivity index (χ3n) is 4.46. The van der Waals surface area contributed by atoms with Crippen LogP contribution in [0, 0.1) is 5.82 Å². The van der Waals surface area contributed by atoms with Crippen LogP contribution >= 0.6 is 0 Å². The predicted molar refractivity (Wildman–Crippen MR) is 86.6 cm³/mol. The summed E-state index contributed by atoms with van der Waals surface area (Å²) in [6.45, 7) is 2.64. The minimum atomic E-state index is -1.04. The van der Waals surface area contributed by atoms with Gasteiger partial charge in [-0.1, -0.05) is 6.07 Å². The molecule has 1 unspecified atom stereocenters. The van der Waals surface area contributed by atoms with E-state index in [0.717, 1.165) is 11.1 Å². The number of carbonyl (C=O) groups is 1. The molecular weight excluding hydrogens is 311 g/mol. The number of anilines is 1. The second-order valence-corrected chi connectivity index (χ2v) is 6.04. The van der Waals surface area contributed by atoms with E-state index < -0.39 is 5.97 Å². The standard InChI is InChI=1S/C17H15FN4O2/c1-9-4-11-5-12(18)3-2-10(11)7-22(9)16-13-6-14(17(23)24)21-15(13)19-8-20-16/h2-3,5-6,8-9H,4,7H2,1H3,(H,23,24)(H,19,20,21). The summed E-state index contributed by atoms with van der Waals surface area (Å²) in [5, 5.41) is 9.84. The van der Waals surface area contributed by atoms with Gasteiger partial charge in [0.05, 0.1) is 5.39 Å². The molecule has 0 amide bonds. The Morgan fingerprint density at radius 1 is 1.33 bits per heavy atom. The molecule has 2 aromatic heterocycles. The number of hydrogen-bond donors (Lipinski definition) is 2. The van der Waals surface area contributed by atoms with E-state index in [4.69, 9.17) is 5.11 Å². The zero-order valence-electron chi connectivity index (χ0n) is 13.0. The number of nitrogens with one attached hydrogen (secondary N) is 1. The number of carboxylic acids is 1. The quantitative estimate of drug-likeness (QED) is 0.757. The molecule has 1 atom stereocenters. The van der Waals surface area contributed by atoms with Crippen LogP contribution in [-0.2, 0) is 13.0 Å². The summed E-state index contributed by atoms with van der Waals surface area (Å²) in [7, 11) is 0. The number of hydrogen-bond acceptors (Lipinski definition) is 4. The summed E-state index contributed by atoms with van der Waals surface area (Å²) >= 11 is 0. The van der Waals surface area contributed by atoms with E-state index in [1.807, 2.05) is 6.92 Å². The van der Waals surface area contributed by atoms with Crippen molar-refractivity contribution in [2.45, 2.75) is 25.9 Å². The van der Waals surface area contributed by atoms with E-state index in [-0.39, 0.29) is 17.6 Å². The highest BCUT2D eigenvalue weighted by molar-refractivity contribution is 5.96. The van der Waals surface area contributed by atoms with Gasteiger partial charge in [-0.3, -0.25) is 0 Å². The minimum Gasteiger partial charge on any atom is -0.477 e. The predicted octanol–water partition coefficient (Wildman–Crippen LogP) is 2.75. The molecule has 0 saturated carbocycles. The largest absolute Gasteiger partial charge is 0.477 e. The van der Waals surface area contributed by atoms with Crippen molar-refractivity contribution in [3.63, 3.8) is 0 Å². The van der Waals surface area contributed by atoms with E-state index in [2.05, 4.69) is 19.9 Å². The van der Waals surface area contributed by atoms with E-state index in [9.17, 15) is 9.18 Å². The number of carboxylic acid groups (broad SMARTS) is 1. The van der Waals surface area contributed by atoms with Crippen LogP contribution in [0.1, 0.15) is 28.5 Å². The first kappa shape index (κ1) is 14.6. The number of aromatic nitrogens is 3. The molecule has 0 saturated heterocycles. The molecule has 1 aliphatic rings. The SMILES string of the molecule is CC1Cc2cc(F)ccc2CN1c1ncnc2[nH]c(C(=O)O)cc12. The minimum absolute atomic E-state index is 0.0823. The molecule has 7 heteroatoms. The van der Waals surface area contributed by atoms with Crippen molar-refractivity contribution in [3.8, 4) is 0 Å². The Labute approximate surface area is 137 Å². The number of H-pyrrole nitrogens is 1. The van der Waals surface area contributed by atoms with Crippen molar-refractivity contribution in [1.29, 1.82) is 0 Å². The van der Waals surface area contributed by atoms with Gasteiger partial charge in [-0.25, -0.2) is 19.2 Å². The van der Waals surface area contributed by atoms with Crippen molar-refractivity contribution in [1.82, 2.24) is 15.0 Å². The van der Waals surface area contributed by atoms with Gasteiger partial charge in [-0.2, -0.15) is 0 Å². The molecule has 3 aromatic rings. The second-order valence-electron chi connectivity index (χ2n) is 6.04. The molecule has 24 heavy (non-hydrogen) atoms. The van der Waals surface area contributed by atoms with E-state index >= 15 is 0 Å². The first-order chi connectivity index (χ1) is 11.5. The number of aromatic amines is 1. The molecule has 4 rings (SSSR count). The van der Waals surface area contributed by atoms with Crippen LogP contribution in [0.25, 0.3) is 11.0 Å². The van der Waals surface area contributed by atoms with Crippen molar-refractivity contribution in [3.05, 3.63) is 53.2 Å². The number of fused-ring (bicyclic) bond motifs is 2. The number of benzene rings is 1. The van der Waals surface area contributed by atoms with Gasteiger partial charge < -0.3 is 15.0 Å². The Kier molecular flexibility index (Phi) is 3.23. The van der Waals surface area contributed by atoms with Gasteiger partial charge in [-0.05, 0) is 42.7 Å². The molecule has 6 nitrogen and oxygen atoms in total. The maximum absolute atomic E-state index is 13.4. The lowest BCUT2D eigenvalue weighted by atomic mass is 9.94. The van der Waals surface area contributed by atoms with Crippen molar-refractivity contribution in [2.24, 2.45) is 0 Å². The fraction of sp³-hybridized carbons (Fsp3) is 0.235.